The first-order chi connectivity index (χ1) is 12.5. The zero-order chi connectivity index (χ0) is 18.7. The molecule has 3 aliphatic rings. The molecule has 0 aliphatic carbocycles. The molecular weight excluding hydrogens is 360 g/mol. The van der Waals surface area contributed by atoms with E-state index in [-0.39, 0.29) is 35.5 Å². The fourth-order valence-corrected chi connectivity index (χ4v) is 4.06. The van der Waals surface area contributed by atoms with Gasteiger partial charge in [-0.1, -0.05) is 0 Å². The molecule has 3 aliphatic heterocycles. The first-order valence-corrected chi connectivity index (χ1v) is 9.67. The van der Waals surface area contributed by atoms with E-state index in [9.17, 15) is 9.59 Å². The van der Waals surface area contributed by atoms with Crippen molar-refractivity contribution in [1.29, 1.82) is 0 Å². The summed E-state index contributed by atoms with van der Waals surface area (Å²) in [5, 5.41) is 9.30. The minimum absolute atomic E-state index is 0.00707. The van der Waals surface area contributed by atoms with Gasteiger partial charge in [0.1, 0.15) is 6.04 Å². The van der Waals surface area contributed by atoms with Gasteiger partial charge in [-0.15, -0.1) is 11.6 Å². The Morgan fingerprint density at radius 1 is 1.27 bits per heavy atom. The lowest BCUT2D eigenvalue weighted by Crippen LogP contribution is -2.66. The van der Waals surface area contributed by atoms with Gasteiger partial charge in [-0.25, -0.2) is 10.9 Å². The Hall–Kier alpha value is -0.970. The molecular formula is C16H29ClN6O3. The minimum Gasteiger partial charge on any atom is -0.469 e. The van der Waals surface area contributed by atoms with Crippen LogP contribution in [0.2, 0.25) is 0 Å². The first kappa shape index (κ1) is 19.8. The fraction of sp³-hybridized carbons (Fsp3) is 0.875. The van der Waals surface area contributed by atoms with E-state index in [2.05, 4.69) is 31.7 Å². The number of alkyl halides is 1. The fourth-order valence-electron chi connectivity index (χ4n) is 3.79. The van der Waals surface area contributed by atoms with Crippen molar-refractivity contribution in [2.24, 2.45) is 5.92 Å². The number of halogens is 1. The van der Waals surface area contributed by atoms with Crippen LogP contribution in [0.25, 0.3) is 0 Å². The summed E-state index contributed by atoms with van der Waals surface area (Å²) >= 11 is 6.28. The topological polar surface area (TPSA) is 107 Å². The molecule has 3 heterocycles. The van der Waals surface area contributed by atoms with Crippen molar-refractivity contribution in [2.45, 2.75) is 56.0 Å². The molecule has 1 amide bonds. The molecule has 3 fully saturated rings. The van der Waals surface area contributed by atoms with Crippen LogP contribution in [0.4, 0.5) is 0 Å². The van der Waals surface area contributed by atoms with Crippen LogP contribution in [0.15, 0.2) is 0 Å². The third-order valence-corrected chi connectivity index (χ3v) is 6.03. The van der Waals surface area contributed by atoms with Crippen LogP contribution < -0.4 is 26.8 Å². The van der Waals surface area contributed by atoms with Gasteiger partial charge in [0.2, 0.25) is 5.91 Å². The number of methoxy groups -OCH3 is 1. The zero-order valence-electron chi connectivity index (χ0n) is 15.3. The lowest BCUT2D eigenvalue weighted by Gasteiger charge is -2.39. The third-order valence-electron chi connectivity index (χ3n) is 5.47. The Kier molecular flexibility index (Phi) is 6.70. The Morgan fingerprint density at radius 2 is 2.08 bits per heavy atom. The van der Waals surface area contributed by atoms with E-state index in [4.69, 9.17) is 16.3 Å². The zero-order valence-corrected chi connectivity index (χ0v) is 16.0. The Morgan fingerprint density at radius 3 is 2.69 bits per heavy atom. The summed E-state index contributed by atoms with van der Waals surface area (Å²) in [5.41, 5.74) is 6.34. The molecule has 26 heavy (non-hydrogen) atoms. The third kappa shape index (κ3) is 4.47. The van der Waals surface area contributed by atoms with Gasteiger partial charge < -0.3 is 15.4 Å². The number of carbonyl (C=O) groups is 2. The molecule has 0 aromatic heterocycles. The second-order valence-electron chi connectivity index (χ2n) is 7.23. The largest absolute Gasteiger partial charge is 0.469 e. The van der Waals surface area contributed by atoms with E-state index < -0.39 is 12.1 Å². The summed E-state index contributed by atoms with van der Waals surface area (Å²) in [6.07, 6.45) is 1.81. The summed E-state index contributed by atoms with van der Waals surface area (Å²) in [6, 6.07) is -0.349. The second kappa shape index (κ2) is 8.81. The van der Waals surface area contributed by atoms with Gasteiger partial charge in [0.15, 0.2) is 0 Å². The van der Waals surface area contributed by atoms with E-state index in [0.717, 1.165) is 32.6 Å². The minimum atomic E-state index is -0.498. The Bertz CT molecular complexity index is 510. The predicted octanol–water partition coefficient (Wildman–Crippen LogP) is -1.35. The molecule has 9 nitrogen and oxygen atoms in total. The number of amides is 1. The monoisotopic (exact) mass is 388 g/mol. The molecule has 0 radical (unpaired) electrons. The number of piperidine rings is 1. The molecule has 0 aromatic rings. The average molecular weight is 389 g/mol. The number of hydrogen-bond donors (Lipinski definition) is 5. The van der Waals surface area contributed by atoms with Crippen molar-refractivity contribution in [3.8, 4) is 0 Å². The predicted molar refractivity (Wildman–Crippen MR) is 96.9 cm³/mol. The Balaban J connectivity index is 1.53. The van der Waals surface area contributed by atoms with Gasteiger partial charge in [-0.05, 0) is 26.2 Å². The van der Waals surface area contributed by atoms with Gasteiger partial charge in [0, 0.05) is 31.2 Å². The quantitative estimate of drug-likeness (QED) is 0.297. The maximum Gasteiger partial charge on any atom is 0.312 e. The van der Waals surface area contributed by atoms with Gasteiger partial charge in [-0.2, -0.15) is 0 Å². The number of hydrazine groups is 1. The highest BCUT2D eigenvalue weighted by molar-refractivity contribution is 6.21. The van der Waals surface area contributed by atoms with E-state index in [1.807, 2.05) is 6.92 Å². The summed E-state index contributed by atoms with van der Waals surface area (Å²) in [5.74, 6) is -0.999. The van der Waals surface area contributed by atoms with Crippen LogP contribution in [-0.2, 0) is 14.3 Å². The SMILES string of the molecule is COC(=O)C1CC(Cl)C(C)NC1NC(=O)C1CCC(N2CCNC2)NN1. The molecule has 148 valence electrons. The molecule has 5 N–H and O–H groups in total. The molecule has 3 rings (SSSR count). The lowest BCUT2D eigenvalue weighted by molar-refractivity contribution is -0.148. The van der Waals surface area contributed by atoms with Crippen LogP contribution >= 0.6 is 11.6 Å². The van der Waals surface area contributed by atoms with Gasteiger partial charge in [0.25, 0.3) is 0 Å². The number of carbonyl (C=O) groups excluding carboxylic acids is 2. The molecule has 6 unspecified atom stereocenters. The summed E-state index contributed by atoms with van der Waals surface area (Å²) in [6.45, 7) is 4.80. The maximum absolute atomic E-state index is 12.7. The van der Waals surface area contributed by atoms with Crippen molar-refractivity contribution in [3.63, 3.8) is 0 Å². The van der Waals surface area contributed by atoms with Crippen molar-refractivity contribution in [2.75, 3.05) is 26.9 Å². The molecule has 6 atom stereocenters. The molecule has 3 saturated heterocycles. The summed E-state index contributed by atoms with van der Waals surface area (Å²) < 4.78 is 4.87. The molecule has 0 spiro atoms. The summed E-state index contributed by atoms with van der Waals surface area (Å²) in [7, 11) is 1.35. The van der Waals surface area contributed by atoms with Crippen molar-refractivity contribution in [3.05, 3.63) is 0 Å². The van der Waals surface area contributed by atoms with E-state index in [1.54, 1.807) is 0 Å². The number of esters is 1. The van der Waals surface area contributed by atoms with E-state index >= 15 is 0 Å². The van der Waals surface area contributed by atoms with Gasteiger partial charge >= 0.3 is 5.97 Å². The van der Waals surface area contributed by atoms with Crippen LogP contribution in [-0.4, -0.2) is 73.4 Å². The number of hydrogen-bond acceptors (Lipinski definition) is 8. The first-order valence-electron chi connectivity index (χ1n) is 9.23. The highest BCUT2D eigenvalue weighted by atomic mass is 35.5. The molecule has 0 aromatic carbocycles. The van der Waals surface area contributed by atoms with Crippen LogP contribution in [0.1, 0.15) is 26.2 Å². The van der Waals surface area contributed by atoms with Crippen molar-refractivity contribution >= 4 is 23.5 Å². The molecule has 0 bridgehead atoms. The molecule has 0 saturated carbocycles. The average Bonchev–Trinajstić information content (AvgIpc) is 3.18. The number of nitrogens with zero attached hydrogens (tertiary/aromatic N) is 1. The van der Waals surface area contributed by atoms with Crippen LogP contribution in [0, 0.1) is 5.92 Å². The number of rotatable bonds is 4. The Labute approximate surface area is 158 Å². The van der Waals surface area contributed by atoms with Crippen LogP contribution in [0.5, 0.6) is 0 Å². The number of nitrogens with one attached hydrogen (secondary N) is 5. The highest BCUT2D eigenvalue weighted by Gasteiger charge is 2.40. The summed E-state index contributed by atoms with van der Waals surface area (Å²) in [4.78, 5) is 27.0. The highest BCUT2D eigenvalue weighted by Crippen LogP contribution is 2.24. The maximum atomic E-state index is 12.7. The standard InChI is InChI=1S/C16H29ClN6O3/c1-9-11(17)7-10(16(25)26-2)14(19-9)20-15(24)12-3-4-13(22-21-12)23-6-5-18-8-23/h9-14,18-19,21-22H,3-8H2,1-2H3,(H,20,24). The van der Waals surface area contributed by atoms with Gasteiger partial charge in [0.05, 0.1) is 25.4 Å². The van der Waals surface area contributed by atoms with E-state index in [1.165, 1.54) is 7.11 Å². The van der Waals surface area contributed by atoms with Gasteiger partial charge in [-0.3, -0.25) is 19.8 Å². The van der Waals surface area contributed by atoms with Crippen molar-refractivity contribution in [1.82, 2.24) is 31.7 Å². The normalized spacial score (nSPS) is 38.7. The second-order valence-corrected chi connectivity index (χ2v) is 7.79. The molecule has 10 heteroatoms. The van der Waals surface area contributed by atoms with Crippen molar-refractivity contribution < 1.29 is 14.3 Å². The number of ether oxygens (including phenoxy) is 1. The van der Waals surface area contributed by atoms with Crippen LogP contribution in [0.3, 0.4) is 0 Å². The lowest BCUT2D eigenvalue weighted by atomic mass is 9.91. The van der Waals surface area contributed by atoms with E-state index in [0.29, 0.717) is 6.42 Å². The smallest absolute Gasteiger partial charge is 0.312 e.